The van der Waals surface area contributed by atoms with Crippen molar-refractivity contribution in [2.45, 2.75) is 13.5 Å². The number of aromatic hydroxyl groups is 1. The Morgan fingerprint density at radius 3 is 2.41 bits per heavy atom. The molecule has 0 aliphatic carbocycles. The second-order valence-electron chi connectivity index (χ2n) is 5.05. The van der Waals surface area contributed by atoms with Crippen LogP contribution in [0, 0.1) is 11.8 Å². The normalized spacial score (nSPS) is 10.0. The molecule has 3 aromatic carbocycles. The Morgan fingerprint density at radius 2 is 1.64 bits per heavy atom. The van der Waals surface area contributed by atoms with Crippen molar-refractivity contribution in [2.75, 3.05) is 0 Å². The standard InChI is InChI=1S/C20H16O2/c1-2-3-15-4-7-18-13-20(11-8-17(18)12-15)22-14-16-5-9-19(21)10-6-16/h4-13,21H,14H2,1H3. The molecule has 0 heterocycles. The average Bonchev–Trinajstić information content (AvgIpc) is 2.54. The Labute approximate surface area is 130 Å². The molecule has 0 radical (unpaired) electrons. The van der Waals surface area contributed by atoms with Crippen LogP contribution in [0.3, 0.4) is 0 Å². The lowest BCUT2D eigenvalue weighted by Crippen LogP contribution is -1.94. The number of hydrogen-bond donors (Lipinski definition) is 1. The van der Waals surface area contributed by atoms with Gasteiger partial charge in [0.05, 0.1) is 0 Å². The summed E-state index contributed by atoms with van der Waals surface area (Å²) in [6, 6.07) is 19.2. The van der Waals surface area contributed by atoms with E-state index in [0.717, 1.165) is 27.6 Å². The smallest absolute Gasteiger partial charge is 0.120 e. The summed E-state index contributed by atoms with van der Waals surface area (Å²) in [5, 5.41) is 11.6. The molecule has 0 spiro atoms. The number of phenolic OH excluding ortho intramolecular Hbond substituents is 1. The fourth-order valence-electron chi connectivity index (χ4n) is 2.29. The summed E-state index contributed by atoms with van der Waals surface area (Å²) in [5.41, 5.74) is 2.04. The molecule has 3 rings (SSSR count). The zero-order valence-electron chi connectivity index (χ0n) is 12.3. The molecule has 2 nitrogen and oxygen atoms in total. The van der Waals surface area contributed by atoms with E-state index in [1.807, 2.05) is 43.3 Å². The lowest BCUT2D eigenvalue weighted by atomic mass is 10.1. The third kappa shape index (κ3) is 3.21. The van der Waals surface area contributed by atoms with Gasteiger partial charge in [-0.25, -0.2) is 0 Å². The minimum Gasteiger partial charge on any atom is -0.508 e. The van der Waals surface area contributed by atoms with Crippen LogP contribution in [0.25, 0.3) is 10.8 Å². The average molecular weight is 288 g/mol. The van der Waals surface area contributed by atoms with Crippen molar-refractivity contribution >= 4 is 10.8 Å². The van der Waals surface area contributed by atoms with Crippen molar-refractivity contribution in [3.63, 3.8) is 0 Å². The summed E-state index contributed by atoms with van der Waals surface area (Å²) in [4.78, 5) is 0. The number of fused-ring (bicyclic) bond motifs is 1. The van der Waals surface area contributed by atoms with Gasteiger partial charge < -0.3 is 9.84 Å². The molecule has 0 unspecified atom stereocenters. The van der Waals surface area contributed by atoms with E-state index in [4.69, 9.17) is 4.74 Å². The first kappa shape index (κ1) is 14.0. The van der Waals surface area contributed by atoms with Crippen LogP contribution in [-0.2, 0) is 6.61 Å². The molecule has 0 atom stereocenters. The number of benzene rings is 3. The fraction of sp³-hybridized carbons (Fsp3) is 0.100. The highest BCUT2D eigenvalue weighted by molar-refractivity contribution is 5.85. The first-order valence-electron chi connectivity index (χ1n) is 7.12. The first-order chi connectivity index (χ1) is 10.7. The van der Waals surface area contributed by atoms with Crippen molar-refractivity contribution in [3.05, 3.63) is 71.8 Å². The van der Waals surface area contributed by atoms with Gasteiger partial charge in [-0.05, 0) is 59.7 Å². The highest BCUT2D eigenvalue weighted by Gasteiger charge is 2.00. The summed E-state index contributed by atoms with van der Waals surface area (Å²) >= 11 is 0. The fourth-order valence-corrected chi connectivity index (χ4v) is 2.29. The third-order valence-corrected chi connectivity index (χ3v) is 3.42. The first-order valence-corrected chi connectivity index (χ1v) is 7.12. The van der Waals surface area contributed by atoms with Gasteiger partial charge in [0.15, 0.2) is 0 Å². The van der Waals surface area contributed by atoms with Crippen LogP contribution in [-0.4, -0.2) is 5.11 Å². The number of ether oxygens (including phenoxy) is 1. The van der Waals surface area contributed by atoms with Crippen molar-refractivity contribution in [1.82, 2.24) is 0 Å². The van der Waals surface area contributed by atoms with Crippen LogP contribution in [0.4, 0.5) is 0 Å². The molecule has 0 saturated heterocycles. The molecule has 0 fully saturated rings. The van der Waals surface area contributed by atoms with E-state index in [2.05, 4.69) is 24.0 Å². The predicted molar refractivity (Wildman–Crippen MR) is 88.9 cm³/mol. The van der Waals surface area contributed by atoms with Crippen molar-refractivity contribution in [1.29, 1.82) is 0 Å². The van der Waals surface area contributed by atoms with Crippen LogP contribution in [0.2, 0.25) is 0 Å². The number of hydrogen-bond acceptors (Lipinski definition) is 2. The van der Waals surface area contributed by atoms with Gasteiger partial charge in [0.2, 0.25) is 0 Å². The summed E-state index contributed by atoms with van der Waals surface area (Å²) in [6.07, 6.45) is 0. The van der Waals surface area contributed by atoms with Crippen LogP contribution in [0.15, 0.2) is 60.7 Å². The van der Waals surface area contributed by atoms with Gasteiger partial charge in [-0.3, -0.25) is 0 Å². The van der Waals surface area contributed by atoms with Crippen LogP contribution in [0.1, 0.15) is 18.1 Å². The predicted octanol–water partition coefficient (Wildman–Crippen LogP) is 4.50. The molecular formula is C20H16O2. The third-order valence-electron chi connectivity index (χ3n) is 3.42. The molecule has 0 aliphatic rings. The molecule has 0 saturated carbocycles. The van der Waals surface area contributed by atoms with E-state index in [1.54, 1.807) is 12.1 Å². The molecule has 108 valence electrons. The number of rotatable bonds is 3. The van der Waals surface area contributed by atoms with Gasteiger partial charge in [0.25, 0.3) is 0 Å². The van der Waals surface area contributed by atoms with E-state index in [9.17, 15) is 5.11 Å². The molecular weight excluding hydrogens is 272 g/mol. The van der Waals surface area contributed by atoms with E-state index in [0.29, 0.717) is 6.61 Å². The summed E-state index contributed by atoms with van der Waals surface area (Å²) in [5.74, 6) is 7.07. The Bertz CT molecular complexity index is 852. The molecule has 1 N–H and O–H groups in total. The molecule has 3 aromatic rings. The molecule has 0 aromatic heterocycles. The van der Waals surface area contributed by atoms with Gasteiger partial charge in [0.1, 0.15) is 18.1 Å². The lowest BCUT2D eigenvalue weighted by Gasteiger charge is -2.08. The van der Waals surface area contributed by atoms with Gasteiger partial charge in [-0.15, -0.1) is 5.92 Å². The van der Waals surface area contributed by atoms with Gasteiger partial charge >= 0.3 is 0 Å². The Morgan fingerprint density at radius 1 is 0.909 bits per heavy atom. The van der Waals surface area contributed by atoms with Gasteiger partial charge in [-0.1, -0.05) is 30.2 Å². The minimum absolute atomic E-state index is 0.264. The molecule has 0 amide bonds. The van der Waals surface area contributed by atoms with Crippen molar-refractivity contribution in [3.8, 4) is 23.3 Å². The van der Waals surface area contributed by atoms with Crippen LogP contribution < -0.4 is 4.74 Å². The van der Waals surface area contributed by atoms with Crippen LogP contribution in [0.5, 0.6) is 11.5 Å². The monoisotopic (exact) mass is 288 g/mol. The zero-order valence-corrected chi connectivity index (χ0v) is 12.3. The number of phenols is 1. The van der Waals surface area contributed by atoms with E-state index < -0.39 is 0 Å². The summed E-state index contributed by atoms with van der Waals surface area (Å²) in [7, 11) is 0. The zero-order chi connectivity index (χ0) is 15.4. The maximum atomic E-state index is 9.27. The van der Waals surface area contributed by atoms with Gasteiger partial charge in [-0.2, -0.15) is 0 Å². The SMILES string of the molecule is CC#Cc1ccc2cc(OCc3ccc(O)cc3)ccc2c1. The molecule has 22 heavy (non-hydrogen) atoms. The van der Waals surface area contributed by atoms with Crippen LogP contribution >= 0.6 is 0 Å². The Balaban J connectivity index is 1.78. The Hall–Kier alpha value is -2.92. The summed E-state index contributed by atoms with van der Waals surface area (Å²) < 4.78 is 5.81. The largest absolute Gasteiger partial charge is 0.508 e. The van der Waals surface area contributed by atoms with Crippen molar-refractivity contribution in [2.24, 2.45) is 0 Å². The molecule has 2 heteroatoms. The highest BCUT2D eigenvalue weighted by atomic mass is 16.5. The van der Waals surface area contributed by atoms with E-state index >= 15 is 0 Å². The lowest BCUT2D eigenvalue weighted by molar-refractivity contribution is 0.306. The summed E-state index contributed by atoms with van der Waals surface area (Å²) in [6.45, 7) is 2.32. The maximum absolute atomic E-state index is 9.27. The second-order valence-corrected chi connectivity index (χ2v) is 5.05. The Kier molecular flexibility index (Phi) is 3.98. The highest BCUT2D eigenvalue weighted by Crippen LogP contribution is 2.23. The maximum Gasteiger partial charge on any atom is 0.120 e. The quantitative estimate of drug-likeness (QED) is 0.719. The topological polar surface area (TPSA) is 29.5 Å². The second kappa shape index (κ2) is 6.24. The molecule has 0 bridgehead atoms. The minimum atomic E-state index is 0.264. The van der Waals surface area contributed by atoms with E-state index in [1.165, 1.54) is 0 Å². The van der Waals surface area contributed by atoms with Crippen molar-refractivity contribution < 1.29 is 9.84 Å². The van der Waals surface area contributed by atoms with Gasteiger partial charge in [0, 0.05) is 5.56 Å². The van der Waals surface area contributed by atoms with E-state index in [-0.39, 0.29) is 5.75 Å². The molecule has 0 aliphatic heterocycles.